The van der Waals surface area contributed by atoms with Crippen LogP contribution in [0.1, 0.15) is 32.8 Å². The van der Waals surface area contributed by atoms with Gasteiger partial charge in [0.15, 0.2) is 0 Å². The Balaban J connectivity index is 2.41. The molecule has 1 aromatic carbocycles. The van der Waals surface area contributed by atoms with Crippen molar-refractivity contribution < 1.29 is 0 Å². The zero-order valence-corrected chi connectivity index (χ0v) is 12.5. The fraction of sp³-hybridized carbons (Fsp3) is 0.600. The van der Waals surface area contributed by atoms with Crippen molar-refractivity contribution in [3.63, 3.8) is 0 Å². The van der Waals surface area contributed by atoms with Gasteiger partial charge in [0.25, 0.3) is 0 Å². The summed E-state index contributed by atoms with van der Waals surface area (Å²) in [5.74, 6) is 0. The van der Waals surface area contributed by atoms with Crippen LogP contribution >= 0.6 is 11.6 Å². The minimum absolute atomic E-state index is 0.160. The van der Waals surface area contributed by atoms with Crippen molar-refractivity contribution in [1.29, 1.82) is 0 Å². The van der Waals surface area contributed by atoms with Gasteiger partial charge < -0.3 is 10.2 Å². The minimum atomic E-state index is 0.160. The first-order valence-electron chi connectivity index (χ1n) is 6.67. The molecule has 1 saturated heterocycles. The normalized spacial score (nSPS) is 23.8. The number of halogens is 1. The second-order valence-electron chi connectivity index (χ2n) is 5.96. The maximum absolute atomic E-state index is 6.16. The van der Waals surface area contributed by atoms with Gasteiger partial charge in [-0.2, -0.15) is 0 Å². The fourth-order valence-electron chi connectivity index (χ4n) is 2.64. The highest BCUT2D eigenvalue weighted by atomic mass is 35.5. The lowest BCUT2D eigenvalue weighted by Crippen LogP contribution is -2.46. The highest BCUT2D eigenvalue weighted by molar-refractivity contribution is 6.30. The molecule has 2 rings (SSSR count). The molecule has 0 radical (unpaired) electrons. The smallest absolute Gasteiger partial charge is 0.0426 e. The number of hydrogen-bond acceptors (Lipinski definition) is 2. The molecular formula is C15H23ClN2. The Hall–Kier alpha value is -0.730. The van der Waals surface area contributed by atoms with Gasteiger partial charge in [-0.05, 0) is 58.4 Å². The van der Waals surface area contributed by atoms with Crippen molar-refractivity contribution in [3.05, 3.63) is 28.8 Å². The van der Waals surface area contributed by atoms with E-state index in [0.717, 1.165) is 24.5 Å². The molecule has 1 fully saturated rings. The molecule has 0 amide bonds. The first kappa shape index (κ1) is 13.7. The summed E-state index contributed by atoms with van der Waals surface area (Å²) in [5, 5.41) is 4.38. The fourth-order valence-corrected chi connectivity index (χ4v) is 2.81. The van der Waals surface area contributed by atoms with Crippen molar-refractivity contribution in [2.75, 3.05) is 18.0 Å². The van der Waals surface area contributed by atoms with Crippen molar-refractivity contribution in [1.82, 2.24) is 5.32 Å². The van der Waals surface area contributed by atoms with Crippen LogP contribution in [0.5, 0.6) is 0 Å². The monoisotopic (exact) mass is 266 g/mol. The van der Waals surface area contributed by atoms with Crippen LogP contribution in [0.4, 0.5) is 5.69 Å². The number of rotatable bonds is 1. The van der Waals surface area contributed by atoms with E-state index in [0.29, 0.717) is 6.04 Å². The number of nitrogens with zero attached hydrogens (tertiary/aromatic N) is 1. The Bertz CT molecular complexity index is 429. The van der Waals surface area contributed by atoms with Gasteiger partial charge in [-0.3, -0.25) is 0 Å². The first-order chi connectivity index (χ1) is 8.40. The maximum Gasteiger partial charge on any atom is 0.0426 e. The largest absolute Gasteiger partial charge is 0.365 e. The lowest BCUT2D eigenvalue weighted by Gasteiger charge is -2.40. The molecule has 1 unspecified atom stereocenters. The van der Waals surface area contributed by atoms with Crippen LogP contribution in [-0.4, -0.2) is 24.7 Å². The second-order valence-corrected chi connectivity index (χ2v) is 6.40. The summed E-state index contributed by atoms with van der Waals surface area (Å²) < 4.78 is 0. The van der Waals surface area contributed by atoms with Gasteiger partial charge in [0.2, 0.25) is 0 Å². The van der Waals surface area contributed by atoms with Crippen LogP contribution < -0.4 is 10.2 Å². The molecule has 1 aromatic rings. The van der Waals surface area contributed by atoms with Gasteiger partial charge in [-0.1, -0.05) is 17.7 Å². The highest BCUT2D eigenvalue weighted by Gasteiger charge is 2.31. The van der Waals surface area contributed by atoms with Gasteiger partial charge in [0, 0.05) is 28.8 Å². The van der Waals surface area contributed by atoms with Gasteiger partial charge in [-0.15, -0.1) is 0 Å². The van der Waals surface area contributed by atoms with E-state index in [9.17, 15) is 0 Å². The molecule has 3 heteroatoms. The Morgan fingerprint density at radius 1 is 1.39 bits per heavy atom. The molecule has 2 nitrogen and oxygen atoms in total. The average Bonchev–Trinajstić information content (AvgIpc) is 2.41. The lowest BCUT2D eigenvalue weighted by atomic mass is 9.96. The van der Waals surface area contributed by atoms with E-state index < -0.39 is 0 Å². The SMILES string of the molecule is Cc1ccc(Cl)cc1N1CC(C)NCCC1(C)C. The van der Waals surface area contributed by atoms with Crippen LogP contribution in [0.3, 0.4) is 0 Å². The summed E-state index contributed by atoms with van der Waals surface area (Å²) in [7, 11) is 0. The number of anilines is 1. The standard InChI is InChI=1S/C15H23ClN2/c1-11-5-6-13(16)9-14(11)18-10-12(2)17-8-7-15(18,3)4/h5-6,9,12,17H,7-8,10H2,1-4H3. The summed E-state index contributed by atoms with van der Waals surface area (Å²) in [5.41, 5.74) is 2.72. The Morgan fingerprint density at radius 3 is 2.83 bits per heavy atom. The summed E-state index contributed by atoms with van der Waals surface area (Å²) >= 11 is 6.16. The third-order valence-electron chi connectivity index (χ3n) is 3.88. The quantitative estimate of drug-likeness (QED) is 0.835. The molecule has 0 aromatic heterocycles. The molecule has 1 aliphatic rings. The van der Waals surface area contributed by atoms with E-state index in [4.69, 9.17) is 11.6 Å². The topological polar surface area (TPSA) is 15.3 Å². The van der Waals surface area contributed by atoms with Gasteiger partial charge in [0.1, 0.15) is 0 Å². The van der Waals surface area contributed by atoms with Gasteiger partial charge in [-0.25, -0.2) is 0 Å². The third kappa shape index (κ3) is 2.81. The lowest BCUT2D eigenvalue weighted by molar-refractivity contribution is 0.452. The molecule has 100 valence electrons. The Kier molecular flexibility index (Phi) is 3.88. The Morgan fingerprint density at radius 2 is 2.11 bits per heavy atom. The molecular weight excluding hydrogens is 244 g/mol. The van der Waals surface area contributed by atoms with Crippen LogP contribution in [-0.2, 0) is 0 Å². The van der Waals surface area contributed by atoms with E-state index in [1.54, 1.807) is 0 Å². The molecule has 0 aliphatic carbocycles. The zero-order chi connectivity index (χ0) is 13.3. The number of hydrogen-bond donors (Lipinski definition) is 1. The maximum atomic E-state index is 6.16. The van der Waals surface area contributed by atoms with E-state index in [2.05, 4.69) is 50.0 Å². The number of nitrogens with one attached hydrogen (secondary N) is 1. The van der Waals surface area contributed by atoms with Gasteiger partial charge >= 0.3 is 0 Å². The molecule has 0 bridgehead atoms. The van der Waals surface area contributed by atoms with E-state index in [1.165, 1.54) is 11.3 Å². The van der Waals surface area contributed by atoms with Crippen LogP contribution in [0, 0.1) is 6.92 Å². The molecule has 1 N–H and O–H groups in total. The summed E-state index contributed by atoms with van der Waals surface area (Å²) in [6.07, 6.45) is 1.14. The minimum Gasteiger partial charge on any atom is -0.365 e. The van der Waals surface area contributed by atoms with Crippen molar-refractivity contribution >= 4 is 17.3 Å². The predicted molar refractivity (Wildman–Crippen MR) is 79.7 cm³/mol. The molecule has 0 saturated carbocycles. The van der Waals surface area contributed by atoms with E-state index in [1.807, 2.05) is 6.07 Å². The van der Waals surface area contributed by atoms with Crippen molar-refractivity contribution in [2.24, 2.45) is 0 Å². The van der Waals surface area contributed by atoms with Crippen molar-refractivity contribution in [2.45, 2.75) is 45.7 Å². The van der Waals surface area contributed by atoms with Crippen LogP contribution in [0.15, 0.2) is 18.2 Å². The molecule has 1 aliphatic heterocycles. The first-order valence-corrected chi connectivity index (χ1v) is 7.05. The molecule has 18 heavy (non-hydrogen) atoms. The summed E-state index contributed by atoms with van der Waals surface area (Å²) in [6, 6.07) is 6.67. The van der Waals surface area contributed by atoms with Crippen molar-refractivity contribution in [3.8, 4) is 0 Å². The summed E-state index contributed by atoms with van der Waals surface area (Å²) in [4.78, 5) is 2.50. The summed E-state index contributed by atoms with van der Waals surface area (Å²) in [6.45, 7) is 11.1. The van der Waals surface area contributed by atoms with Gasteiger partial charge in [0.05, 0.1) is 0 Å². The third-order valence-corrected chi connectivity index (χ3v) is 4.11. The molecule has 1 atom stereocenters. The molecule has 0 spiro atoms. The number of aryl methyl sites for hydroxylation is 1. The zero-order valence-electron chi connectivity index (χ0n) is 11.8. The van der Waals surface area contributed by atoms with Crippen LogP contribution in [0.2, 0.25) is 5.02 Å². The van der Waals surface area contributed by atoms with E-state index >= 15 is 0 Å². The number of benzene rings is 1. The second kappa shape index (κ2) is 5.10. The predicted octanol–water partition coefficient (Wildman–Crippen LogP) is 3.62. The average molecular weight is 267 g/mol. The highest BCUT2D eigenvalue weighted by Crippen LogP contribution is 2.32. The van der Waals surface area contributed by atoms with E-state index in [-0.39, 0.29) is 5.54 Å². The molecule has 1 heterocycles. The van der Waals surface area contributed by atoms with Crippen LogP contribution in [0.25, 0.3) is 0 Å². The Labute approximate surface area is 115 Å².